The van der Waals surface area contributed by atoms with E-state index in [4.69, 9.17) is 9.47 Å². The predicted octanol–water partition coefficient (Wildman–Crippen LogP) is 15.3. The molecule has 0 aromatic heterocycles. The molecule has 0 aliphatic heterocycles. The topological polar surface area (TPSA) is 76.1 Å². The first-order valence-electron chi connectivity index (χ1n) is 25.5. The van der Waals surface area contributed by atoms with Crippen LogP contribution in [-0.4, -0.2) is 60.9 Å². The number of nitrogens with zero attached hydrogens (tertiary/aromatic N) is 1. The van der Waals surface area contributed by atoms with Crippen molar-refractivity contribution in [2.24, 2.45) is 5.41 Å². The fourth-order valence-electron chi connectivity index (χ4n) is 8.04. The van der Waals surface area contributed by atoms with Crippen LogP contribution in [0.15, 0.2) is 0 Å². The molecule has 0 fully saturated rings. The third-order valence-corrected chi connectivity index (χ3v) is 12.1. The molecule has 0 aliphatic carbocycles. The number of carbonyl (C=O) groups is 2. The number of hydrogen-bond donors (Lipinski definition) is 1. The quantitative estimate of drug-likeness (QED) is 0.0488. The molecule has 0 unspecified atom stereocenters. The molecule has 340 valence electrons. The normalized spacial score (nSPS) is 11.9. The number of aliphatic hydroxyl groups is 1. The van der Waals surface area contributed by atoms with E-state index in [1.54, 1.807) is 0 Å². The lowest BCUT2D eigenvalue weighted by Gasteiger charge is -2.30. The number of carbonyl (C=O) groups excluding carboxylic acids is 2. The lowest BCUT2D eigenvalue weighted by molar-refractivity contribution is -0.150. The minimum Gasteiger partial charge on any atom is -0.466 e. The first-order chi connectivity index (χ1) is 27.8. The molecule has 0 heterocycles. The van der Waals surface area contributed by atoms with Crippen LogP contribution in [0.5, 0.6) is 0 Å². The van der Waals surface area contributed by atoms with Gasteiger partial charge in [-0.3, -0.25) is 9.59 Å². The molecule has 0 amide bonds. The van der Waals surface area contributed by atoms with Crippen LogP contribution in [0.1, 0.15) is 272 Å². The summed E-state index contributed by atoms with van der Waals surface area (Å²) >= 11 is 0. The molecule has 6 nitrogen and oxygen atoms in total. The second-order valence-electron chi connectivity index (χ2n) is 18.5. The van der Waals surface area contributed by atoms with Crippen molar-refractivity contribution in [1.82, 2.24) is 4.90 Å². The Morgan fingerprint density at radius 3 is 1.42 bits per heavy atom. The van der Waals surface area contributed by atoms with E-state index in [0.29, 0.717) is 19.4 Å². The van der Waals surface area contributed by atoms with Gasteiger partial charge in [-0.2, -0.15) is 0 Å². The molecular weight excluding hydrogens is 707 g/mol. The van der Waals surface area contributed by atoms with Crippen LogP contribution in [0, 0.1) is 5.41 Å². The molecule has 0 saturated heterocycles. The highest BCUT2D eigenvalue weighted by molar-refractivity contribution is 5.69. The van der Waals surface area contributed by atoms with Crippen molar-refractivity contribution in [1.29, 1.82) is 0 Å². The van der Waals surface area contributed by atoms with Crippen molar-refractivity contribution in [3.05, 3.63) is 0 Å². The SMILES string of the molecule is CCCCCCCCCCOC(=O)CCCCC(C)(C)CCN(CCCCO)CCCCCCCC(=O)OC(CCCCCCCCC)CCCCCCCCC. The van der Waals surface area contributed by atoms with Crippen LogP contribution in [0.3, 0.4) is 0 Å². The number of hydrogen-bond acceptors (Lipinski definition) is 6. The molecular formula is C51H101NO5. The Bertz CT molecular complexity index is 829. The van der Waals surface area contributed by atoms with E-state index >= 15 is 0 Å². The smallest absolute Gasteiger partial charge is 0.306 e. The van der Waals surface area contributed by atoms with Crippen LogP contribution < -0.4 is 0 Å². The van der Waals surface area contributed by atoms with E-state index < -0.39 is 0 Å². The molecule has 0 aliphatic rings. The van der Waals surface area contributed by atoms with Gasteiger partial charge in [0.1, 0.15) is 6.10 Å². The number of aliphatic hydroxyl groups excluding tert-OH is 1. The van der Waals surface area contributed by atoms with Gasteiger partial charge in [-0.25, -0.2) is 0 Å². The van der Waals surface area contributed by atoms with Crippen LogP contribution in [0.25, 0.3) is 0 Å². The maximum Gasteiger partial charge on any atom is 0.306 e. The van der Waals surface area contributed by atoms with Crippen molar-refractivity contribution in [3.8, 4) is 0 Å². The predicted molar refractivity (Wildman–Crippen MR) is 246 cm³/mol. The molecule has 0 bridgehead atoms. The molecule has 1 N–H and O–H groups in total. The van der Waals surface area contributed by atoms with Gasteiger partial charge in [-0.05, 0) is 102 Å². The summed E-state index contributed by atoms with van der Waals surface area (Å²) in [7, 11) is 0. The number of esters is 2. The lowest BCUT2D eigenvalue weighted by Crippen LogP contribution is -2.30. The van der Waals surface area contributed by atoms with Crippen LogP contribution >= 0.6 is 0 Å². The van der Waals surface area contributed by atoms with Crippen LogP contribution in [-0.2, 0) is 19.1 Å². The first-order valence-corrected chi connectivity index (χ1v) is 25.5. The third-order valence-electron chi connectivity index (χ3n) is 12.1. The maximum atomic E-state index is 12.9. The van der Waals surface area contributed by atoms with Crippen LogP contribution in [0.4, 0.5) is 0 Å². The molecule has 0 spiro atoms. The van der Waals surface area contributed by atoms with Gasteiger partial charge in [-0.15, -0.1) is 0 Å². The second kappa shape index (κ2) is 43.0. The zero-order valence-corrected chi connectivity index (χ0v) is 39.3. The zero-order chi connectivity index (χ0) is 41.9. The van der Waals surface area contributed by atoms with E-state index in [2.05, 4.69) is 39.5 Å². The Balaban J connectivity index is 4.33. The van der Waals surface area contributed by atoms with E-state index in [1.165, 1.54) is 154 Å². The van der Waals surface area contributed by atoms with E-state index in [-0.39, 0.29) is 30.1 Å². The van der Waals surface area contributed by atoms with Gasteiger partial charge in [0.15, 0.2) is 0 Å². The number of rotatable bonds is 46. The molecule has 6 heteroatoms. The van der Waals surface area contributed by atoms with E-state index in [1.807, 2.05) is 0 Å². The molecule has 0 aromatic carbocycles. The van der Waals surface area contributed by atoms with Gasteiger partial charge in [-0.1, -0.05) is 182 Å². The Kier molecular flexibility index (Phi) is 42.1. The largest absolute Gasteiger partial charge is 0.466 e. The van der Waals surface area contributed by atoms with E-state index in [9.17, 15) is 14.7 Å². The molecule has 0 rings (SSSR count). The van der Waals surface area contributed by atoms with Gasteiger partial charge in [0.25, 0.3) is 0 Å². The van der Waals surface area contributed by atoms with Gasteiger partial charge in [0.2, 0.25) is 0 Å². The Labute approximate surface area is 356 Å². The number of unbranched alkanes of at least 4 members (excludes halogenated alkanes) is 25. The summed E-state index contributed by atoms with van der Waals surface area (Å²) in [5, 5.41) is 9.38. The standard InChI is InChI=1S/C51H101NO5/c1-6-9-12-15-18-21-27-36-47-56-49(54)39-31-32-41-51(4,5)42-45-52(44-34-35-46-53)43-33-26-22-25-30-40-50(55)57-48(37-28-23-19-16-13-10-7-2)38-29-24-20-17-14-11-8-3/h48,53H,6-47H2,1-5H3. The van der Waals surface area contributed by atoms with Gasteiger partial charge in [0.05, 0.1) is 6.61 Å². The van der Waals surface area contributed by atoms with Crippen LogP contribution in [0.2, 0.25) is 0 Å². The number of ether oxygens (including phenoxy) is 2. The molecule has 0 aromatic rings. The van der Waals surface area contributed by atoms with Crippen molar-refractivity contribution >= 4 is 11.9 Å². The Morgan fingerprint density at radius 1 is 0.474 bits per heavy atom. The minimum absolute atomic E-state index is 0.0254. The lowest BCUT2D eigenvalue weighted by atomic mass is 9.83. The molecule has 57 heavy (non-hydrogen) atoms. The first kappa shape index (κ1) is 55.9. The molecule has 0 saturated carbocycles. The fourth-order valence-corrected chi connectivity index (χ4v) is 8.04. The maximum absolute atomic E-state index is 12.9. The van der Waals surface area contributed by atoms with Gasteiger partial charge in [0, 0.05) is 19.4 Å². The highest BCUT2D eigenvalue weighted by Crippen LogP contribution is 2.28. The third kappa shape index (κ3) is 41.4. The zero-order valence-electron chi connectivity index (χ0n) is 39.3. The van der Waals surface area contributed by atoms with Crippen molar-refractivity contribution in [3.63, 3.8) is 0 Å². The van der Waals surface area contributed by atoms with Gasteiger partial charge < -0.3 is 19.5 Å². The summed E-state index contributed by atoms with van der Waals surface area (Å²) in [4.78, 5) is 27.7. The Hall–Kier alpha value is -1.14. The average molecular weight is 808 g/mol. The molecule has 0 radical (unpaired) electrons. The van der Waals surface area contributed by atoms with Crippen molar-refractivity contribution in [2.75, 3.05) is 32.8 Å². The fraction of sp³-hybridized carbons (Fsp3) is 0.961. The Morgan fingerprint density at radius 2 is 0.895 bits per heavy atom. The molecule has 0 atom stereocenters. The summed E-state index contributed by atoms with van der Waals surface area (Å²) in [6.45, 7) is 15.6. The van der Waals surface area contributed by atoms with Crippen molar-refractivity contribution in [2.45, 2.75) is 278 Å². The second-order valence-corrected chi connectivity index (χ2v) is 18.5. The highest BCUT2D eigenvalue weighted by Gasteiger charge is 2.20. The average Bonchev–Trinajstić information content (AvgIpc) is 3.19. The highest BCUT2D eigenvalue weighted by atomic mass is 16.5. The van der Waals surface area contributed by atoms with Gasteiger partial charge >= 0.3 is 11.9 Å². The summed E-state index contributed by atoms with van der Waals surface area (Å²) in [5.41, 5.74) is 0.242. The summed E-state index contributed by atoms with van der Waals surface area (Å²) in [5.74, 6) is 0.000123. The summed E-state index contributed by atoms with van der Waals surface area (Å²) in [6.07, 6.45) is 43.4. The summed E-state index contributed by atoms with van der Waals surface area (Å²) < 4.78 is 11.6. The monoisotopic (exact) mass is 808 g/mol. The summed E-state index contributed by atoms with van der Waals surface area (Å²) in [6, 6.07) is 0. The van der Waals surface area contributed by atoms with E-state index in [0.717, 1.165) is 90.3 Å². The van der Waals surface area contributed by atoms with Crippen molar-refractivity contribution < 1.29 is 24.2 Å². The minimum atomic E-state index is -0.0254.